The first-order valence-electron chi connectivity index (χ1n) is 6.23. The number of benzene rings is 1. The second-order valence-electron chi connectivity index (χ2n) is 4.40. The van der Waals surface area contributed by atoms with Gasteiger partial charge in [-0.3, -0.25) is 4.79 Å². The maximum atomic E-state index is 11.7. The van der Waals surface area contributed by atoms with E-state index in [1.54, 1.807) is 29.2 Å². The number of nitrogens with zero attached hydrogens (tertiary/aromatic N) is 1. The zero-order valence-electron chi connectivity index (χ0n) is 10.5. The minimum atomic E-state index is -0.394. The highest BCUT2D eigenvalue weighted by molar-refractivity contribution is 6.30. The molecule has 1 aliphatic rings. The van der Waals surface area contributed by atoms with Gasteiger partial charge in [0.05, 0.1) is 6.54 Å². The van der Waals surface area contributed by atoms with E-state index in [9.17, 15) is 9.59 Å². The van der Waals surface area contributed by atoms with E-state index in [1.165, 1.54) is 0 Å². The summed E-state index contributed by atoms with van der Waals surface area (Å²) in [4.78, 5) is 25.1. The van der Waals surface area contributed by atoms with Crippen molar-refractivity contribution in [3.63, 3.8) is 0 Å². The van der Waals surface area contributed by atoms with Gasteiger partial charge in [-0.15, -0.1) is 0 Å². The maximum absolute atomic E-state index is 11.7. The fourth-order valence-electron chi connectivity index (χ4n) is 1.94. The summed E-state index contributed by atoms with van der Waals surface area (Å²) >= 11 is 5.75. The molecule has 0 aliphatic carbocycles. The minimum absolute atomic E-state index is 0.0272. The van der Waals surface area contributed by atoms with E-state index in [4.69, 9.17) is 11.6 Å². The Morgan fingerprint density at radius 2 is 1.79 bits per heavy atom. The molecule has 1 aliphatic heterocycles. The maximum Gasteiger partial charge on any atom is 0.319 e. The van der Waals surface area contributed by atoms with Crippen LogP contribution in [0.15, 0.2) is 24.3 Å². The van der Waals surface area contributed by atoms with Crippen molar-refractivity contribution in [2.24, 2.45) is 0 Å². The highest BCUT2D eigenvalue weighted by atomic mass is 35.5. The van der Waals surface area contributed by atoms with Gasteiger partial charge in [0.1, 0.15) is 0 Å². The number of carbonyl (C=O) groups is 2. The lowest BCUT2D eigenvalue weighted by Crippen LogP contribution is -2.40. The number of anilines is 1. The Morgan fingerprint density at radius 3 is 2.42 bits per heavy atom. The van der Waals surface area contributed by atoms with Crippen molar-refractivity contribution in [3.8, 4) is 0 Å². The molecule has 2 rings (SSSR count). The molecule has 0 atom stereocenters. The van der Waals surface area contributed by atoms with E-state index in [0.29, 0.717) is 10.7 Å². The van der Waals surface area contributed by atoms with Gasteiger partial charge in [0.25, 0.3) is 0 Å². The van der Waals surface area contributed by atoms with Crippen molar-refractivity contribution in [2.75, 3.05) is 25.0 Å². The molecule has 1 aromatic rings. The molecule has 0 aromatic heterocycles. The average molecular weight is 282 g/mol. The largest absolute Gasteiger partial charge is 0.341 e. The van der Waals surface area contributed by atoms with E-state index in [-0.39, 0.29) is 12.5 Å². The standard InChI is InChI=1S/C13H16ClN3O2/c14-10-3-5-11(6-4-10)16-13(19)15-9-12(18)17-7-1-2-8-17/h3-6H,1-2,7-9H2,(H2,15,16,19). The van der Waals surface area contributed by atoms with Crippen LogP contribution in [0.5, 0.6) is 0 Å². The van der Waals surface area contributed by atoms with Crippen LogP contribution in [0.25, 0.3) is 0 Å². The second-order valence-corrected chi connectivity index (χ2v) is 4.84. The predicted molar refractivity (Wildman–Crippen MR) is 74.3 cm³/mol. The molecule has 1 heterocycles. The molecule has 3 amide bonds. The first-order valence-corrected chi connectivity index (χ1v) is 6.61. The van der Waals surface area contributed by atoms with E-state index in [1.807, 2.05) is 0 Å². The van der Waals surface area contributed by atoms with Crippen molar-refractivity contribution in [1.82, 2.24) is 10.2 Å². The SMILES string of the molecule is O=C(NCC(=O)N1CCCC1)Nc1ccc(Cl)cc1. The summed E-state index contributed by atoms with van der Waals surface area (Å²) in [5, 5.41) is 5.79. The molecule has 2 N–H and O–H groups in total. The zero-order valence-corrected chi connectivity index (χ0v) is 11.2. The van der Waals surface area contributed by atoms with E-state index >= 15 is 0 Å². The molecule has 19 heavy (non-hydrogen) atoms. The van der Waals surface area contributed by atoms with Gasteiger partial charge in [-0.1, -0.05) is 11.6 Å². The number of likely N-dealkylation sites (tertiary alicyclic amines) is 1. The summed E-state index contributed by atoms with van der Waals surface area (Å²) in [6, 6.07) is 6.38. The molecule has 0 saturated carbocycles. The van der Waals surface area contributed by atoms with Gasteiger partial charge in [0.2, 0.25) is 5.91 Å². The highest BCUT2D eigenvalue weighted by Gasteiger charge is 2.17. The van der Waals surface area contributed by atoms with Crippen molar-refractivity contribution < 1.29 is 9.59 Å². The van der Waals surface area contributed by atoms with Crippen molar-refractivity contribution in [3.05, 3.63) is 29.3 Å². The number of nitrogens with one attached hydrogen (secondary N) is 2. The molecule has 0 bridgehead atoms. The smallest absolute Gasteiger partial charge is 0.319 e. The number of halogens is 1. The van der Waals surface area contributed by atoms with Gasteiger partial charge >= 0.3 is 6.03 Å². The van der Waals surface area contributed by atoms with Gasteiger partial charge in [0.15, 0.2) is 0 Å². The van der Waals surface area contributed by atoms with Gasteiger partial charge in [0, 0.05) is 23.8 Å². The average Bonchev–Trinajstić information content (AvgIpc) is 2.93. The quantitative estimate of drug-likeness (QED) is 0.891. The second kappa shape index (κ2) is 6.43. The van der Waals surface area contributed by atoms with Crippen LogP contribution in [0.2, 0.25) is 5.02 Å². The molecule has 0 radical (unpaired) electrons. The summed E-state index contributed by atoms with van der Waals surface area (Å²) in [6.07, 6.45) is 2.09. The number of hydrogen-bond acceptors (Lipinski definition) is 2. The number of urea groups is 1. The van der Waals surface area contributed by atoms with E-state index < -0.39 is 6.03 Å². The Hall–Kier alpha value is -1.75. The molecule has 0 unspecified atom stereocenters. The summed E-state index contributed by atoms with van der Waals surface area (Å²) in [7, 11) is 0. The van der Waals surface area contributed by atoms with E-state index in [2.05, 4.69) is 10.6 Å². The third kappa shape index (κ3) is 4.13. The lowest BCUT2D eigenvalue weighted by molar-refractivity contribution is -0.128. The Bertz CT molecular complexity index is 455. The molecule has 5 nitrogen and oxygen atoms in total. The Kier molecular flexibility index (Phi) is 4.63. The van der Waals surface area contributed by atoms with Crippen molar-refractivity contribution >= 4 is 29.2 Å². The fraction of sp³-hybridized carbons (Fsp3) is 0.385. The van der Waals surface area contributed by atoms with Crippen LogP contribution < -0.4 is 10.6 Å². The Morgan fingerprint density at radius 1 is 1.16 bits per heavy atom. The molecule has 6 heteroatoms. The van der Waals surface area contributed by atoms with Gasteiger partial charge < -0.3 is 15.5 Å². The first kappa shape index (κ1) is 13.7. The van der Waals surface area contributed by atoms with Crippen LogP contribution in [0.1, 0.15) is 12.8 Å². The first-order chi connectivity index (χ1) is 9.15. The lowest BCUT2D eigenvalue weighted by atomic mass is 10.3. The molecule has 1 saturated heterocycles. The topological polar surface area (TPSA) is 61.4 Å². The Labute approximate surface area is 116 Å². The summed E-state index contributed by atoms with van der Waals surface area (Å²) in [5.74, 6) is -0.0382. The summed E-state index contributed by atoms with van der Waals surface area (Å²) < 4.78 is 0. The molecular weight excluding hydrogens is 266 g/mol. The van der Waals surface area contributed by atoms with Crippen LogP contribution in [-0.2, 0) is 4.79 Å². The summed E-state index contributed by atoms with van der Waals surface area (Å²) in [6.45, 7) is 1.61. The Balaban J connectivity index is 1.75. The third-order valence-corrected chi connectivity index (χ3v) is 3.21. The van der Waals surface area contributed by atoms with Gasteiger partial charge in [-0.2, -0.15) is 0 Å². The number of hydrogen-bond donors (Lipinski definition) is 2. The molecule has 1 aromatic carbocycles. The highest BCUT2D eigenvalue weighted by Crippen LogP contribution is 2.13. The van der Waals surface area contributed by atoms with Crippen LogP contribution in [-0.4, -0.2) is 36.5 Å². The van der Waals surface area contributed by atoms with Crippen LogP contribution in [0, 0.1) is 0 Å². The van der Waals surface area contributed by atoms with Gasteiger partial charge in [-0.25, -0.2) is 4.79 Å². The third-order valence-electron chi connectivity index (χ3n) is 2.96. The molecule has 0 spiro atoms. The fourth-order valence-corrected chi connectivity index (χ4v) is 2.07. The normalized spacial score (nSPS) is 14.3. The minimum Gasteiger partial charge on any atom is -0.341 e. The van der Waals surface area contributed by atoms with Crippen LogP contribution >= 0.6 is 11.6 Å². The number of amides is 3. The summed E-state index contributed by atoms with van der Waals surface area (Å²) in [5.41, 5.74) is 0.635. The lowest BCUT2D eigenvalue weighted by Gasteiger charge is -2.15. The number of carbonyl (C=O) groups excluding carboxylic acids is 2. The zero-order chi connectivity index (χ0) is 13.7. The monoisotopic (exact) mass is 281 g/mol. The number of rotatable bonds is 3. The predicted octanol–water partition coefficient (Wildman–Crippen LogP) is 2.08. The van der Waals surface area contributed by atoms with Crippen molar-refractivity contribution in [2.45, 2.75) is 12.8 Å². The molecule has 102 valence electrons. The van der Waals surface area contributed by atoms with Crippen LogP contribution in [0.4, 0.5) is 10.5 Å². The van der Waals surface area contributed by atoms with Gasteiger partial charge in [-0.05, 0) is 37.1 Å². The molecular formula is C13H16ClN3O2. The van der Waals surface area contributed by atoms with E-state index in [0.717, 1.165) is 25.9 Å². The van der Waals surface area contributed by atoms with Crippen LogP contribution in [0.3, 0.4) is 0 Å². The van der Waals surface area contributed by atoms with Crippen molar-refractivity contribution in [1.29, 1.82) is 0 Å². The molecule has 1 fully saturated rings.